The molecular formula is C8H10N4O. The van der Waals surface area contributed by atoms with Gasteiger partial charge in [-0.1, -0.05) is 0 Å². The SMILES string of the molecule is Cc1cnnc2c1NC(=O)[C@H](C)N2. The first-order chi connectivity index (χ1) is 6.18. The Hall–Kier alpha value is -1.65. The van der Waals surface area contributed by atoms with E-state index in [1.54, 1.807) is 13.1 Å². The molecule has 0 saturated carbocycles. The lowest BCUT2D eigenvalue weighted by Crippen LogP contribution is -2.37. The number of aromatic nitrogens is 2. The van der Waals surface area contributed by atoms with Gasteiger partial charge >= 0.3 is 0 Å². The molecule has 0 aliphatic carbocycles. The van der Waals surface area contributed by atoms with E-state index in [-0.39, 0.29) is 11.9 Å². The third-order valence-electron chi connectivity index (χ3n) is 2.03. The Bertz CT molecular complexity index is 363. The third-order valence-corrected chi connectivity index (χ3v) is 2.03. The molecule has 1 aliphatic heterocycles. The van der Waals surface area contributed by atoms with E-state index in [9.17, 15) is 4.79 Å². The number of nitrogens with zero attached hydrogens (tertiary/aromatic N) is 2. The molecule has 2 heterocycles. The molecule has 5 nitrogen and oxygen atoms in total. The third kappa shape index (κ3) is 1.22. The molecule has 1 aliphatic rings. The zero-order valence-corrected chi connectivity index (χ0v) is 7.46. The molecule has 0 aromatic carbocycles. The molecule has 0 fully saturated rings. The van der Waals surface area contributed by atoms with E-state index >= 15 is 0 Å². The van der Waals surface area contributed by atoms with Crippen LogP contribution in [-0.2, 0) is 4.79 Å². The van der Waals surface area contributed by atoms with E-state index in [0.29, 0.717) is 5.82 Å². The molecule has 5 heteroatoms. The van der Waals surface area contributed by atoms with Crippen molar-refractivity contribution in [3.05, 3.63) is 11.8 Å². The van der Waals surface area contributed by atoms with Crippen LogP contribution in [0.3, 0.4) is 0 Å². The summed E-state index contributed by atoms with van der Waals surface area (Å²) in [5.41, 5.74) is 1.65. The predicted molar refractivity (Wildman–Crippen MR) is 48.5 cm³/mol. The first-order valence-corrected chi connectivity index (χ1v) is 4.08. The van der Waals surface area contributed by atoms with Crippen LogP contribution < -0.4 is 10.6 Å². The first kappa shape index (κ1) is 7.97. The highest BCUT2D eigenvalue weighted by Gasteiger charge is 2.23. The summed E-state index contributed by atoms with van der Waals surface area (Å²) in [5, 5.41) is 13.4. The number of fused-ring (bicyclic) bond motifs is 1. The topological polar surface area (TPSA) is 66.9 Å². The van der Waals surface area contributed by atoms with Crippen molar-refractivity contribution < 1.29 is 4.79 Å². The normalized spacial score (nSPS) is 20.2. The minimum atomic E-state index is -0.247. The summed E-state index contributed by atoms with van der Waals surface area (Å²) in [6.07, 6.45) is 1.62. The van der Waals surface area contributed by atoms with Crippen LogP contribution in [0.2, 0.25) is 0 Å². The lowest BCUT2D eigenvalue weighted by molar-refractivity contribution is -0.116. The Kier molecular flexibility index (Phi) is 1.65. The van der Waals surface area contributed by atoms with Crippen LogP contribution in [0.5, 0.6) is 0 Å². The molecule has 0 unspecified atom stereocenters. The van der Waals surface area contributed by atoms with Crippen LogP contribution in [0.15, 0.2) is 6.20 Å². The summed E-state index contributed by atoms with van der Waals surface area (Å²) in [5.74, 6) is 0.607. The van der Waals surface area contributed by atoms with Gasteiger partial charge in [0, 0.05) is 0 Å². The van der Waals surface area contributed by atoms with E-state index in [1.165, 1.54) is 0 Å². The number of carbonyl (C=O) groups excluding carboxylic acids is 1. The zero-order chi connectivity index (χ0) is 9.42. The number of hydrogen-bond donors (Lipinski definition) is 2. The molecule has 2 N–H and O–H groups in total. The molecule has 13 heavy (non-hydrogen) atoms. The van der Waals surface area contributed by atoms with Gasteiger partial charge in [-0.05, 0) is 19.4 Å². The van der Waals surface area contributed by atoms with Crippen molar-refractivity contribution in [2.45, 2.75) is 19.9 Å². The fraction of sp³-hybridized carbons (Fsp3) is 0.375. The van der Waals surface area contributed by atoms with Gasteiger partial charge in [0.1, 0.15) is 6.04 Å². The summed E-state index contributed by atoms with van der Waals surface area (Å²) in [6, 6.07) is -0.247. The van der Waals surface area contributed by atoms with Crippen LogP contribution in [0.1, 0.15) is 12.5 Å². The predicted octanol–water partition coefficient (Wildman–Crippen LogP) is 0.538. The monoisotopic (exact) mass is 178 g/mol. The number of amides is 1. The first-order valence-electron chi connectivity index (χ1n) is 4.08. The fourth-order valence-corrected chi connectivity index (χ4v) is 1.24. The lowest BCUT2D eigenvalue weighted by Gasteiger charge is -2.23. The van der Waals surface area contributed by atoms with E-state index in [2.05, 4.69) is 20.8 Å². The summed E-state index contributed by atoms with van der Waals surface area (Å²) in [4.78, 5) is 11.3. The van der Waals surface area contributed by atoms with Gasteiger partial charge in [-0.2, -0.15) is 5.10 Å². The Balaban J connectivity index is 2.48. The number of hydrogen-bond acceptors (Lipinski definition) is 4. The second-order valence-electron chi connectivity index (χ2n) is 3.11. The Morgan fingerprint density at radius 3 is 3.08 bits per heavy atom. The molecule has 2 rings (SSSR count). The summed E-state index contributed by atoms with van der Waals surface area (Å²) in [6.45, 7) is 3.66. The summed E-state index contributed by atoms with van der Waals surface area (Å²) in [7, 11) is 0. The second kappa shape index (κ2) is 2.69. The molecule has 0 radical (unpaired) electrons. The van der Waals surface area contributed by atoms with Crippen molar-refractivity contribution in [2.24, 2.45) is 0 Å². The van der Waals surface area contributed by atoms with Crippen molar-refractivity contribution in [2.75, 3.05) is 10.6 Å². The minimum Gasteiger partial charge on any atom is -0.355 e. The number of carbonyl (C=O) groups is 1. The van der Waals surface area contributed by atoms with E-state index in [1.807, 2.05) is 6.92 Å². The van der Waals surface area contributed by atoms with E-state index < -0.39 is 0 Å². The number of anilines is 2. The van der Waals surface area contributed by atoms with Crippen molar-refractivity contribution in [3.8, 4) is 0 Å². The number of rotatable bonds is 0. The quantitative estimate of drug-likeness (QED) is 0.608. The molecular weight excluding hydrogens is 168 g/mol. The fourth-order valence-electron chi connectivity index (χ4n) is 1.24. The second-order valence-corrected chi connectivity index (χ2v) is 3.11. The lowest BCUT2D eigenvalue weighted by atomic mass is 10.2. The maximum atomic E-state index is 11.3. The average molecular weight is 178 g/mol. The molecule has 1 aromatic rings. The molecule has 0 saturated heterocycles. The average Bonchev–Trinajstić information content (AvgIpc) is 2.09. The van der Waals surface area contributed by atoms with Crippen molar-refractivity contribution in [1.29, 1.82) is 0 Å². The number of aryl methyl sites for hydroxylation is 1. The van der Waals surface area contributed by atoms with E-state index in [0.717, 1.165) is 11.3 Å². The van der Waals surface area contributed by atoms with Crippen LogP contribution in [0.25, 0.3) is 0 Å². The molecule has 1 atom stereocenters. The maximum Gasteiger partial charge on any atom is 0.246 e. The highest BCUT2D eigenvalue weighted by atomic mass is 16.2. The summed E-state index contributed by atoms with van der Waals surface area (Å²) >= 11 is 0. The van der Waals surface area contributed by atoms with Crippen molar-refractivity contribution in [1.82, 2.24) is 10.2 Å². The van der Waals surface area contributed by atoms with Crippen LogP contribution >= 0.6 is 0 Å². The smallest absolute Gasteiger partial charge is 0.246 e. The highest BCUT2D eigenvalue weighted by molar-refractivity contribution is 6.02. The highest BCUT2D eigenvalue weighted by Crippen LogP contribution is 2.25. The standard InChI is InChI=1S/C8H10N4O/c1-4-3-9-12-7-6(4)11-8(13)5(2)10-7/h3,5H,1-2H3,(H,10,12)(H,11,13)/t5-/m0/s1. The van der Waals surface area contributed by atoms with Crippen LogP contribution in [-0.4, -0.2) is 22.1 Å². The van der Waals surface area contributed by atoms with Crippen molar-refractivity contribution >= 4 is 17.4 Å². The van der Waals surface area contributed by atoms with Crippen LogP contribution in [0, 0.1) is 6.92 Å². The van der Waals surface area contributed by atoms with Gasteiger partial charge in [0.15, 0.2) is 5.82 Å². The van der Waals surface area contributed by atoms with Crippen LogP contribution in [0.4, 0.5) is 11.5 Å². The van der Waals surface area contributed by atoms with Gasteiger partial charge in [-0.3, -0.25) is 4.79 Å². The van der Waals surface area contributed by atoms with Crippen molar-refractivity contribution in [3.63, 3.8) is 0 Å². The zero-order valence-electron chi connectivity index (χ0n) is 7.46. The molecule has 1 amide bonds. The van der Waals surface area contributed by atoms with Gasteiger partial charge in [-0.15, -0.1) is 5.10 Å². The Morgan fingerprint density at radius 2 is 2.31 bits per heavy atom. The van der Waals surface area contributed by atoms with Gasteiger partial charge in [0.25, 0.3) is 0 Å². The maximum absolute atomic E-state index is 11.3. The Labute approximate surface area is 75.6 Å². The molecule has 0 spiro atoms. The molecule has 0 bridgehead atoms. The molecule has 68 valence electrons. The summed E-state index contributed by atoms with van der Waals surface area (Å²) < 4.78 is 0. The van der Waals surface area contributed by atoms with Gasteiger partial charge < -0.3 is 10.6 Å². The largest absolute Gasteiger partial charge is 0.355 e. The van der Waals surface area contributed by atoms with Gasteiger partial charge in [0.2, 0.25) is 5.91 Å². The van der Waals surface area contributed by atoms with Gasteiger partial charge in [-0.25, -0.2) is 0 Å². The Morgan fingerprint density at radius 1 is 1.54 bits per heavy atom. The van der Waals surface area contributed by atoms with E-state index in [4.69, 9.17) is 0 Å². The number of nitrogens with one attached hydrogen (secondary N) is 2. The van der Waals surface area contributed by atoms with Gasteiger partial charge in [0.05, 0.1) is 11.9 Å². The molecule has 1 aromatic heterocycles. The minimum absolute atomic E-state index is 0.0383.